The van der Waals surface area contributed by atoms with Gasteiger partial charge in [-0.1, -0.05) is 37.9 Å². The van der Waals surface area contributed by atoms with Crippen LogP contribution in [0.1, 0.15) is 24.0 Å². The fraction of sp³-hybridized carbons (Fsp3) is 0.500. The summed E-state index contributed by atoms with van der Waals surface area (Å²) in [5, 5.41) is 1.17. The number of alkyl halides is 1. The fourth-order valence-electron chi connectivity index (χ4n) is 2.97. The van der Waals surface area contributed by atoms with Gasteiger partial charge in [-0.05, 0) is 53.9 Å². The van der Waals surface area contributed by atoms with Crippen LogP contribution in [0.15, 0.2) is 22.7 Å². The van der Waals surface area contributed by atoms with Crippen molar-refractivity contribution in [3.63, 3.8) is 0 Å². The largest absolute Gasteiger partial charge is 0.0925 e. The van der Waals surface area contributed by atoms with Crippen molar-refractivity contribution in [3.05, 3.63) is 33.8 Å². The highest BCUT2D eigenvalue weighted by Gasteiger charge is 2.56. The van der Waals surface area contributed by atoms with Crippen molar-refractivity contribution < 1.29 is 0 Å². The molecule has 1 fully saturated rings. The summed E-state index contributed by atoms with van der Waals surface area (Å²) in [6.45, 7) is 0. The van der Waals surface area contributed by atoms with Crippen molar-refractivity contribution in [1.29, 1.82) is 0 Å². The predicted octanol–water partition coefficient (Wildman–Crippen LogP) is 4.05. The first-order chi connectivity index (χ1) is 6.76. The van der Waals surface area contributed by atoms with Gasteiger partial charge in [-0.25, -0.2) is 0 Å². The molecule has 2 aliphatic carbocycles. The lowest BCUT2D eigenvalue weighted by atomic mass is 9.96. The molecule has 0 radical (unpaired) electrons. The van der Waals surface area contributed by atoms with E-state index in [4.69, 9.17) is 0 Å². The van der Waals surface area contributed by atoms with Crippen molar-refractivity contribution >= 4 is 31.9 Å². The lowest BCUT2D eigenvalue weighted by Crippen LogP contribution is -2.05. The minimum Gasteiger partial charge on any atom is -0.0925 e. The van der Waals surface area contributed by atoms with Gasteiger partial charge in [-0.2, -0.15) is 0 Å². The summed E-state index contributed by atoms with van der Waals surface area (Å²) in [6, 6.07) is 6.82. The molecule has 0 N–H and O–H groups in total. The van der Waals surface area contributed by atoms with Crippen LogP contribution in [0.5, 0.6) is 0 Å². The van der Waals surface area contributed by atoms with Crippen molar-refractivity contribution in [2.24, 2.45) is 5.92 Å². The highest BCUT2D eigenvalue weighted by Crippen LogP contribution is 2.62. The molecule has 3 rings (SSSR count). The molecule has 0 aromatic heterocycles. The van der Waals surface area contributed by atoms with E-state index in [0.29, 0.717) is 5.41 Å². The second-order valence-corrected chi connectivity index (χ2v) is 6.08. The van der Waals surface area contributed by atoms with E-state index in [9.17, 15) is 0 Å². The Hall–Kier alpha value is 0.180. The number of fused-ring (bicyclic) bond motifs is 2. The van der Waals surface area contributed by atoms with Crippen molar-refractivity contribution in [1.82, 2.24) is 0 Å². The summed E-state index contributed by atoms with van der Waals surface area (Å²) in [5.41, 5.74) is 3.77. The van der Waals surface area contributed by atoms with Crippen LogP contribution in [0.2, 0.25) is 0 Å². The number of benzene rings is 1. The van der Waals surface area contributed by atoms with E-state index >= 15 is 0 Å². The zero-order chi connectivity index (χ0) is 9.76. The van der Waals surface area contributed by atoms with Crippen LogP contribution in [-0.2, 0) is 11.8 Å². The van der Waals surface area contributed by atoms with Crippen molar-refractivity contribution in [3.8, 4) is 0 Å². The molecule has 1 aromatic rings. The zero-order valence-electron chi connectivity index (χ0n) is 7.89. The van der Waals surface area contributed by atoms with Gasteiger partial charge in [0.25, 0.3) is 0 Å². The number of hydrogen-bond acceptors (Lipinski definition) is 0. The lowest BCUT2D eigenvalue weighted by Gasteiger charge is -2.10. The van der Waals surface area contributed by atoms with E-state index in [1.54, 1.807) is 11.1 Å². The second-order valence-electron chi connectivity index (χ2n) is 4.51. The van der Waals surface area contributed by atoms with E-state index in [1.165, 1.54) is 29.1 Å². The first kappa shape index (κ1) is 9.41. The van der Waals surface area contributed by atoms with Gasteiger partial charge in [0.1, 0.15) is 0 Å². The van der Waals surface area contributed by atoms with Crippen LogP contribution in [0.4, 0.5) is 0 Å². The molecule has 2 unspecified atom stereocenters. The Labute approximate surface area is 101 Å². The standard InChI is InChI=1S/C12H12Br2/c13-7-9-6-12(9)4-3-8-5-10(14)1-2-11(8)12/h1-2,5,9H,3-4,6-7H2. The van der Waals surface area contributed by atoms with Gasteiger partial charge in [-0.15, -0.1) is 0 Å². The maximum Gasteiger partial charge on any atom is 0.0178 e. The Morgan fingerprint density at radius 1 is 1.43 bits per heavy atom. The first-order valence-corrected chi connectivity index (χ1v) is 7.02. The van der Waals surface area contributed by atoms with Crippen molar-refractivity contribution in [2.75, 3.05) is 5.33 Å². The number of halogens is 2. The summed E-state index contributed by atoms with van der Waals surface area (Å²) in [5.74, 6) is 0.893. The van der Waals surface area contributed by atoms with E-state index in [2.05, 4.69) is 50.1 Å². The molecule has 0 amide bonds. The molecule has 1 saturated carbocycles. The van der Waals surface area contributed by atoms with Crippen molar-refractivity contribution in [2.45, 2.75) is 24.7 Å². The summed E-state index contributed by atoms with van der Waals surface area (Å²) < 4.78 is 1.23. The quantitative estimate of drug-likeness (QED) is 0.686. The zero-order valence-corrected chi connectivity index (χ0v) is 11.1. The highest BCUT2D eigenvalue weighted by molar-refractivity contribution is 9.10. The maximum atomic E-state index is 3.62. The SMILES string of the molecule is BrCC1CC12CCc1cc(Br)ccc12. The molecule has 1 aromatic carbocycles. The van der Waals surface area contributed by atoms with E-state index in [-0.39, 0.29) is 0 Å². The molecule has 0 nitrogen and oxygen atoms in total. The molecule has 0 aliphatic heterocycles. The summed E-state index contributed by atoms with van der Waals surface area (Å²) >= 11 is 7.16. The molecule has 2 aliphatic rings. The monoisotopic (exact) mass is 314 g/mol. The van der Waals surface area contributed by atoms with Crippen LogP contribution in [-0.4, -0.2) is 5.33 Å². The Kier molecular flexibility index (Phi) is 2.07. The first-order valence-electron chi connectivity index (χ1n) is 5.11. The van der Waals surface area contributed by atoms with E-state index < -0.39 is 0 Å². The average molecular weight is 316 g/mol. The molecule has 0 heterocycles. The van der Waals surface area contributed by atoms with Gasteiger partial charge in [-0.3, -0.25) is 0 Å². The molecular weight excluding hydrogens is 304 g/mol. The van der Waals surface area contributed by atoms with Crippen LogP contribution >= 0.6 is 31.9 Å². The Morgan fingerprint density at radius 2 is 2.29 bits per heavy atom. The minimum absolute atomic E-state index is 0.569. The molecule has 2 heteroatoms. The Bertz CT molecular complexity index is 386. The summed E-state index contributed by atoms with van der Waals surface area (Å²) in [7, 11) is 0. The van der Waals surface area contributed by atoms with Gasteiger partial charge >= 0.3 is 0 Å². The number of rotatable bonds is 1. The highest BCUT2D eigenvalue weighted by atomic mass is 79.9. The Balaban J connectivity index is 2.04. The molecular formula is C12H12Br2. The number of hydrogen-bond donors (Lipinski definition) is 0. The lowest BCUT2D eigenvalue weighted by molar-refractivity contribution is 0.628. The molecule has 74 valence electrons. The van der Waals surface area contributed by atoms with Crippen LogP contribution in [0.3, 0.4) is 0 Å². The summed E-state index contributed by atoms with van der Waals surface area (Å²) in [6.07, 6.45) is 4.04. The fourth-order valence-corrected chi connectivity index (χ4v) is 4.22. The van der Waals surface area contributed by atoms with Crippen LogP contribution in [0.25, 0.3) is 0 Å². The molecule has 0 bridgehead atoms. The number of aryl methyl sites for hydroxylation is 1. The van der Waals surface area contributed by atoms with Gasteiger partial charge in [0.15, 0.2) is 0 Å². The van der Waals surface area contributed by atoms with E-state index in [0.717, 1.165) is 5.92 Å². The van der Waals surface area contributed by atoms with Crippen LogP contribution in [0, 0.1) is 5.92 Å². The molecule has 0 saturated heterocycles. The Morgan fingerprint density at radius 3 is 3.00 bits per heavy atom. The third-order valence-electron chi connectivity index (χ3n) is 3.86. The average Bonchev–Trinajstić information content (AvgIpc) is 2.78. The summed E-state index contributed by atoms with van der Waals surface area (Å²) in [4.78, 5) is 0. The second kappa shape index (κ2) is 3.08. The van der Waals surface area contributed by atoms with Crippen LogP contribution < -0.4 is 0 Å². The van der Waals surface area contributed by atoms with Gasteiger partial charge in [0.2, 0.25) is 0 Å². The van der Waals surface area contributed by atoms with E-state index in [1.807, 2.05) is 0 Å². The normalized spacial score (nSPS) is 33.4. The molecule has 2 atom stereocenters. The topological polar surface area (TPSA) is 0 Å². The van der Waals surface area contributed by atoms with Gasteiger partial charge in [0.05, 0.1) is 0 Å². The predicted molar refractivity (Wildman–Crippen MR) is 66.0 cm³/mol. The minimum atomic E-state index is 0.569. The molecule has 1 spiro atoms. The van der Waals surface area contributed by atoms with Gasteiger partial charge < -0.3 is 0 Å². The smallest absolute Gasteiger partial charge is 0.0178 e. The third-order valence-corrected chi connectivity index (χ3v) is 5.14. The molecule has 14 heavy (non-hydrogen) atoms. The maximum absolute atomic E-state index is 3.62. The third kappa shape index (κ3) is 1.16. The van der Waals surface area contributed by atoms with Gasteiger partial charge in [0, 0.05) is 9.80 Å².